The molecule has 0 radical (unpaired) electrons. The highest BCUT2D eigenvalue weighted by Gasteiger charge is 2.32. The molecule has 2 aliphatic rings. The Morgan fingerprint density at radius 1 is 1.06 bits per heavy atom. The van der Waals surface area contributed by atoms with Crippen LogP contribution in [-0.2, 0) is 22.3 Å². The molecule has 0 bridgehead atoms. The molecule has 178 valence electrons. The molecule has 7 nitrogen and oxygen atoms in total. The van der Waals surface area contributed by atoms with Gasteiger partial charge in [-0.2, -0.15) is 13.2 Å². The number of hydrogen-bond acceptors (Lipinski definition) is 5. The molecular formula is C23H26F3N3O4. The molecule has 1 aliphatic carbocycles. The summed E-state index contributed by atoms with van der Waals surface area (Å²) in [5, 5.41) is 5.38. The minimum absolute atomic E-state index is 0.0244. The number of rotatable bonds is 7. The fourth-order valence-electron chi connectivity index (χ4n) is 3.78. The number of nitrogens with zero attached hydrogens (tertiary/aromatic N) is 1. The zero-order valence-corrected chi connectivity index (χ0v) is 17.9. The third-order valence-electron chi connectivity index (χ3n) is 5.70. The maximum Gasteiger partial charge on any atom is 0.416 e. The monoisotopic (exact) mass is 465 g/mol. The van der Waals surface area contributed by atoms with Crippen LogP contribution in [0.2, 0.25) is 0 Å². The average Bonchev–Trinajstić information content (AvgIpc) is 2.76. The lowest BCUT2D eigenvalue weighted by Crippen LogP contribution is -2.41. The van der Waals surface area contributed by atoms with Crippen molar-refractivity contribution in [2.24, 2.45) is 0 Å². The Balaban J connectivity index is 1.29. The summed E-state index contributed by atoms with van der Waals surface area (Å²) in [5.41, 5.74) is 0.169. The van der Waals surface area contributed by atoms with Crippen LogP contribution in [0.4, 0.5) is 23.7 Å². The molecule has 1 saturated carbocycles. The average molecular weight is 465 g/mol. The van der Waals surface area contributed by atoms with Crippen LogP contribution in [0.5, 0.6) is 5.75 Å². The number of nitrogens with one attached hydrogen (secondary N) is 2. The summed E-state index contributed by atoms with van der Waals surface area (Å²) in [4.78, 5) is 16.5. The van der Waals surface area contributed by atoms with Gasteiger partial charge in [0.05, 0.1) is 37.2 Å². The number of carbonyl (C=O) groups excluding carboxylic acids is 1. The molecule has 1 aromatic heterocycles. The molecule has 2 N–H and O–H groups in total. The van der Waals surface area contributed by atoms with Gasteiger partial charge in [-0.1, -0.05) is 0 Å². The second-order valence-electron chi connectivity index (χ2n) is 8.22. The van der Waals surface area contributed by atoms with Gasteiger partial charge in [0.15, 0.2) is 0 Å². The number of carbonyl (C=O) groups is 1. The fraction of sp³-hybridized carbons (Fsp3) is 0.478. The molecule has 2 aromatic rings. The van der Waals surface area contributed by atoms with E-state index in [9.17, 15) is 18.0 Å². The molecule has 0 unspecified atom stereocenters. The van der Waals surface area contributed by atoms with Crippen molar-refractivity contribution in [1.29, 1.82) is 0 Å². The largest absolute Gasteiger partial charge is 0.483 e. The molecule has 1 aromatic carbocycles. The third-order valence-corrected chi connectivity index (χ3v) is 5.70. The lowest BCUT2D eigenvalue weighted by molar-refractivity contribution is -0.137. The van der Waals surface area contributed by atoms with Gasteiger partial charge < -0.3 is 24.8 Å². The smallest absolute Gasteiger partial charge is 0.416 e. The number of anilines is 1. The number of amides is 2. The molecule has 0 atom stereocenters. The lowest BCUT2D eigenvalue weighted by Gasteiger charge is -2.30. The van der Waals surface area contributed by atoms with Crippen molar-refractivity contribution < 1.29 is 32.2 Å². The standard InChI is InChI=1S/C23H26F3N3O4/c24-23(25,26)16-1-6-21(33-19-13-31-14-19)20(11-16)29-22(30)28-17-2-4-18(5-3-17)32-12-15-7-9-27-10-8-15/h1,6-11,17-19H,2-5,12-14H2,(H2,28,29,30)/t17-,18-. The first-order valence-corrected chi connectivity index (χ1v) is 10.9. The van der Waals surface area contributed by atoms with Crippen LogP contribution in [0, 0.1) is 0 Å². The summed E-state index contributed by atoms with van der Waals surface area (Å²) in [6.07, 6.45) is 1.79. The zero-order chi connectivity index (χ0) is 23.3. The van der Waals surface area contributed by atoms with Crippen LogP contribution in [0.25, 0.3) is 0 Å². The number of ether oxygens (including phenoxy) is 3. The van der Waals surface area contributed by atoms with E-state index in [4.69, 9.17) is 14.2 Å². The molecule has 0 spiro atoms. The predicted molar refractivity (Wildman–Crippen MR) is 114 cm³/mol. The molecule has 2 heterocycles. The fourth-order valence-corrected chi connectivity index (χ4v) is 3.78. The molecule has 4 rings (SSSR count). The van der Waals surface area contributed by atoms with Crippen molar-refractivity contribution in [3.05, 3.63) is 53.9 Å². The van der Waals surface area contributed by atoms with E-state index >= 15 is 0 Å². The van der Waals surface area contributed by atoms with Gasteiger partial charge in [-0.25, -0.2) is 4.79 Å². The minimum atomic E-state index is -4.53. The number of urea groups is 1. The van der Waals surface area contributed by atoms with Crippen LogP contribution in [-0.4, -0.2) is 42.5 Å². The van der Waals surface area contributed by atoms with Gasteiger partial charge in [-0.05, 0) is 61.6 Å². The van der Waals surface area contributed by atoms with Gasteiger partial charge in [0.1, 0.15) is 11.9 Å². The predicted octanol–water partition coefficient (Wildman–Crippen LogP) is 4.53. The number of benzene rings is 1. The summed E-state index contributed by atoms with van der Waals surface area (Å²) in [6.45, 7) is 1.23. The van der Waals surface area contributed by atoms with Crippen LogP contribution in [0.1, 0.15) is 36.8 Å². The lowest BCUT2D eigenvalue weighted by atomic mass is 9.93. The zero-order valence-electron chi connectivity index (χ0n) is 17.9. The Labute approximate surface area is 189 Å². The van der Waals surface area contributed by atoms with E-state index in [1.807, 2.05) is 12.1 Å². The van der Waals surface area contributed by atoms with E-state index in [0.29, 0.717) is 19.8 Å². The van der Waals surface area contributed by atoms with E-state index in [1.165, 1.54) is 6.07 Å². The van der Waals surface area contributed by atoms with E-state index in [0.717, 1.165) is 43.4 Å². The van der Waals surface area contributed by atoms with E-state index in [2.05, 4.69) is 15.6 Å². The van der Waals surface area contributed by atoms with E-state index < -0.39 is 17.8 Å². The molecule has 10 heteroatoms. The van der Waals surface area contributed by atoms with Gasteiger partial charge in [0, 0.05) is 18.4 Å². The Morgan fingerprint density at radius 2 is 1.79 bits per heavy atom. The van der Waals surface area contributed by atoms with Crippen molar-refractivity contribution in [2.75, 3.05) is 18.5 Å². The SMILES string of the molecule is O=C(Nc1cc(C(F)(F)F)ccc1OC1COC1)N[C@H]1CC[C@H](OCc2ccncc2)CC1. The normalized spacial score (nSPS) is 21.2. The molecule has 1 saturated heterocycles. The minimum Gasteiger partial charge on any atom is -0.483 e. The van der Waals surface area contributed by atoms with E-state index in [1.54, 1.807) is 12.4 Å². The van der Waals surface area contributed by atoms with Crippen molar-refractivity contribution in [3.63, 3.8) is 0 Å². The van der Waals surface area contributed by atoms with Gasteiger partial charge >= 0.3 is 12.2 Å². The molecular weight excluding hydrogens is 439 g/mol. The first kappa shape index (κ1) is 23.3. The van der Waals surface area contributed by atoms with Gasteiger partial charge in [-0.15, -0.1) is 0 Å². The van der Waals surface area contributed by atoms with Crippen LogP contribution in [0.15, 0.2) is 42.7 Å². The second kappa shape index (κ2) is 10.4. The van der Waals surface area contributed by atoms with Crippen molar-refractivity contribution in [3.8, 4) is 5.75 Å². The maximum absolute atomic E-state index is 13.2. The van der Waals surface area contributed by atoms with Crippen LogP contribution in [0.3, 0.4) is 0 Å². The Morgan fingerprint density at radius 3 is 2.42 bits per heavy atom. The highest BCUT2D eigenvalue weighted by atomic mass is 19.4. The number of alkyl halides is 3. The van der Waals surface area contributed by atoms with Gasteiger partial charge in [0.2, 0.25) is 0 Å². The molecule has 2 fully saturated rings. The van der Waals surface area contributed by atoms with Crippen molar-refractivity contribution in [1.82, 2.24) is 10.3 Å². The first-order chi connectivity index (χ1) is 15.9. The maximum atomic E-state index is 13.2. The number of halogens is 3. The Kier molecular flexibility index (Phi) is 7.34. The Bertz CT molecular complexity index is 930. The summed E-state index contributed by atoms with van der Waals surface area (Å²) in [7, 11) is 0. The van der Waals surface area contributed by atoms with Gasteiger partial charge in [0.25, 0.3) is 0 Å². The highest BCUT2D eigenvalue weighted by molar-refractivity contribution is 5.91. The summed E-state index contributed by atoms with van der Waals surface area (Å²) in [5.74, 6) is 0.180. The molecule has 2 amide bonds. The summed E-state index contributed by atoms with van der Waals surface area (Å²) in [6, 6.07) is 6.21. The number of hydrogen-bond donors (Lipinski definition) is 2. The van der Waals surface area contributed by atoms with Crippen LogP contribution < -0.4 is 15.4 Å². The van der Waals surface area contributed by atoms with Crippen molar-refractivity contribution in [2.45, 2.75) is 56.7 Å². The summed E-state index contributed by atoms with van der Waals surface area (Å²) >= 11 is 0. The topological polar surface area (TPSA) is 81.7 Å². The van der Waals surface area contributed by atoms with E-state index in [-0.39, 0.29) is 29.7 Å². The third kappa shape index (κ3) is 6.58. The summed E-state index contributed by atoms with van der Waals surface area (Å²) < 4.78 is 56.1. The number of pyridine rings is 1. The number of aromatic nitrogens is 1. The first-order valence-electron chi connectivity index (χ1n) is 10.9. The highest BCUT2D eigenvalue weighted by Crippen LogP contribution is 2.36. The van der Waals surface area contributed by atoms with Crippen molar-refractivity contribution >= 4 is 11.7 Å². The second-order valence-corrected chi connectivity index (χ2v) is 8.22. The quantitative estimate of drug-likeness (QED) is 0.628. The molecule has 1 aliphatic heterocycles. The van der Waals surface area contributed by atoms with Gasteiger partial charge in [-0.3, -0.25) is 4.98 Å². The Hall–Kier alpha value is -2.85. The molecule has 33 heavy (non-hydrogen) atoms. The van der Waals surface area contributed by atoms with Crippen LogP contribution >= 0.6 is 0 Å².